The van der Waals surface area contributed by atoms with Crippen molar-refractivity contribution in [3.63, 3.8) is 0 Å². The van der Waals surface area contributed by atoms with Gasteiger partial charge in [-0.05, 0) is 18.2 Å². The Morgan fingerprint density at radius 2 is 2.00 bits per heavy atom. The molecule has 2 heterocycles. The third kappa shape index (κ3) is 1.91. The molecule has 19 heavy (non-hydrogen) atoms. The van der Waals surface area contributed by atoms with E-state index in [1.54, 1.807) is 0 Å². The van der Waals surface area contributed by atoms with Gasteiger partial charge in [0.15, 0.2) is 0 Å². The number of aromatic nitrogens is 2. The topological polar surface area (TPSA) is 91.7 Å². The highest BCUT2D eigenvalue weighted by atomic mass is 16.1. The Bertz CT molecular complexity index is 797. The number of carbonyl (C=O) groups excluding carboxylic acids is 1. The van der Waals surface area contributed by atoms with Crippen LogP contribution in [0.2, 0.25) is 0 Å². The number of nitrogens with two attached hydrogens (primary N) is 1. The van der Waals surface area contributed by atoms with Gasteiger partial charge in [-0.1, -0.05) is 18.2 Å². The number of pyridine rings is 1. The van der Waals surface area contributed by atoms with E-state index < -0.39 is 5.91 Å². The predicted molar refractivity (Wildman–Crippen MR) is 71.7 cm³/mol. The van der Waals surface area contributed by atoms with Gasteiger partial charge in [-0.3, -0.25) is 9.59 Å². The lowest BCUT2D eigenvalue weighted by atomic mass is 10.2. The van der Waals surface area contributed by atoms with Gasteiger partial charge in [0.05, 0.1) is 11.3 Å². The molecule has 0 aliphatic carbocycles. The van der Waals surface area contributed by atoms with Crippen LogP contribution in [-0.4, -0.2) is 15.9 Å². The minimum Gasteiger partial charge on any atom is -0.364 e. The molecule has 5 heteroatoms. The zero-order valence-corrected chi connectivity index (χ0v) is 9.86. The summed E-state index contributed by atoms with van der Waals surface area (Å²) in [5.74, 6) is -0.708. The molecule has 0 spiro atoms. The van der Waals surface area contributed by atoms with Crippen molar-refractivity contribution < 1.29 is 4.79 Å². The predicted octanol–water partition coefficient (Wildman–Crippen LogP) is 1.42. The molecule has 0 atom stereocenters. The number of hydrogen-bond acceptors (Lipinski definition) is 2. The Hall–Kier alpha value is -2.82. The normalized spacial score (nSPS) is 10.7. The summed E-state index contributed by atoms with van der Waals surface area (Å²) in [5.41, 5.74) is 6.72. The second-order valence-electron chi connectivity index (χ2n) is 4.17. The third-order valence-electron chi connectivity index (χ3n) is 2.91. The van der Waals surface area contributed by atoms with E-state index in [2.05, 4.69) is 16.0 Å². The van der Waals surface area contributed by atoms with Crippen molar-refractivity contribution in [1.82, 2.24) is 9.97 Å². The number of benzene rings is 1. The van der Waals surface area contributed by atoms with E-state index >= 15 is 0 Å². The van der Waals surface area contributed by atoms with E-state index in [1.165, 1.54) is 6.07 Å². The van der Waals surface area contributed by atoms with Crippen LogP contribution >= 0.6 is 0 Å². The van der Waals surface area contributed by atoms with Gasteiger partial charge in [0.1, 0.15) is 5.69 Å². The van der Waals surface area contributed by atoms with Crippen LogP contribution in [-0.2, 0) is 0 Å². The number of aromatic amines is 2. The second-order valence-corrected chi connectivity index (χ2v) is 4.17. The first-order valence-electron chi connectivity index (χ1n) is 5.68. The van der Waals surface area contributed by atoms with Crippen LogP contribution in [0.15, 0.2) is 41.2 Å². The van der Waals surface area contributed by atoms with E-state index in [0.29, 0.717) is 11.3 Å². The van der Waals surface area contributed by atoms with Crippen LogP contribution in [0.25, 0.3) is 22.2 Å². The highest BCUT2D eigenvalue weighted by Gasteiger charge is 2.09. The number of fused-ring (bicyclic) bond motifs is 1. The zero-order chi connectivity index (χ0) is 13.4. The summed E-state index contributed by atoms with van der Waals surface area (Å²) in [5, 5.41) is 1.01. The van der Waals surface area contributed by atoms with Crippen LogP contribution in [0.1, 0.15) is 10.5 Å². The fourth-order valence-electron chi connectivity index (χ4n) is 1.98. The van der Waals surface area contributed by atoms with E-state index in [4.69, 9.17) is 5.73 Å². The van der Waals surface area contributed by atoms with Gasteiger partial charge < -0.3 is 15.7 Å². The number of H-pyrrole nitrogens is 2. The number of carbonyl (C=O) groups is 1. The molecule has 5 nitrogen and oxygen atoms in total. The first-order chi connectivity index (χ1) is 9.15. The maximum atomic E-state index is 11.9. The highest BCUT2D eigenvalue weighted by molar-refractivity contribution is 5.91. The van der Waals surface area contributed by atoms with Crippen LogP contribution in [0.5, 0.6) is 0 Å². The molecule has 0 unspecified atom stereocenters. The van der Waals surface area contributed by atoms with E-state index in [-0.39, 0.29) is 11.3 Å². The van der Waals surface area contributed by atoms with Crippen molar-refractivity contribution in [3.05, 3.63) is 58.5 Å². The molecular formula is C14H10N3O2. The molecule has 0 saturated heterocycles. The number of rotatable bonds is 2. The summed E-state index contributed by atoms with van der Waals surface area (Å²) in [6.07, 6.45) is 0. The molecular weight excluding hydrogens is 242 g/mol. The molecule has 1 aromatic carbocycles. The van der Waals surface area contributed by atoms with Crippen molar-refractivity contribution in [1.29, 1.82) is 0 Å². The molecule has 0 aliphatic rings. The summed E-state index contributed by atoms with van der Waals surface area (Å²) < 4.78 is 0. The molecule has 4 N–H and O–H groups in total. The number of para-hydroxylation sites is 1. The Morgan fingerprint density at radius 3 is 2.68 bits per heavy atom. The van der Waals surface area contributed by atoms with Crippen molar-refractivity contribution >= 4 is 16.8 Å². The van der Waals surface area contributed by atoms with Crippen molar-refractivity contribution in [3.8, 4) is 11.3 Å². The van der Waals surface area contributed by atoms with Crippen molar-refractivity contribution in [2.75, 3.05) is 0 Å². The summed E-state index contributed by atoms with van der Waals surface area (Å²) in [6.45, 7) is 0. The van der Waals surface area contributed by atoms with E-state index in [9.17, 15) is 9.59 Å². The van der Waals surface area contributed by atoms with Gasteiger partial charge in [0, 0.05) is 17.0 Å². The molecule has 3 rings (SSSR count). The lowest BCUT2D eigenvalue weighted by Crippen LogP contribution is -2.19. The molecule has 1 amide bonds. The highest BCUT2D eigenvalue weighted by Crippen LogP contribution is 2.21. The maximum absolute atomic E-state index is 11.9. The second kappa shape index (κ2) is 4.13. The molecule has 2 aromatic heterocycles. The first kappa shape index (κ1) is 11.3. The SMILES string of the molecule is NC(=O)c1[c]cc(-c2cc3ccccc3[nH]2)c(=O)[nH]1. The van der Waals surface area contributed by atoms with Crippen LogP contribution < -0.4 is 11.3 Å². The maximum Gasteiger partial charge on any atom is 0.265 e. The average Bonchev–Trinajstić information content (AvgIpc) is 2.81. The fourth-order valence-corrected chi connectivity index (χ4v) is 1.98. The monoisotopic (exact) mass is 252 g/mol. The summed E-state index contributed by atoms with van der Waals surface area (Å²) in [7, 11) is 0. The van der Waals surface area contributed by atoms with E-state index in [0.717, 1.165) is 10.9 Å². The van der Waals surface area contributed by atoms with Crippen LogP contribution in [0, 0.1) is 6.07 Å². The average molecular weight is 252 g/mol. The molecule has 93 valence electrons. The summed E-state index contributed by atoms with van der Waals surface area (Å²) >= 11 is 0. The summed E-state index contributed by atoms with van der Waals surface area (Å²) in [6, 6.07) is 13.7. The lowest BCUT2D eigenvalue weighted by molar-refractivity contribution is 0.0995. The van der Waals surface area contributed by atoms with Crippen LogP contribution in [0.3, 0.4) is 0 Å². The Balaban J connectivity index is 2.16. The molecule has 0 aliphatic heterocycles. The Morgan fingerprint density at radius 1 is 1.21 bits per heavy atom. The number of primary amides is 1. The minimum absolute atomic E-state index is 0.0233. The van der Waals surface area contributed by atoms with E-state index in [1.807, 2.05) is 30.3 Å². The van der Waals surface area contributed by atoms with Gasteiger partial charge in [-0.15, -0.1) is 0 Å². The molecule has 0 saturated carbocycles. The Labute approximate surface area is 108 Å². The van der Waals surface area contributed by atoms with Gasteiger partial charge in [0.2, 0.25) is 0 Å². The first-order valence-corrected chi connectivity index (χ1v) is 5.68. The Kier molecular flexibility index (Phi) is 2.45. The van der Waals surface area contributed by atoms with Crippen molar-refractivity contribution in [2.24, 2.45) is 5.73 Å². The van der Waals surface area contributed by atoms with Gasteiger partial charge in [-0.2, -0.15) is 0 Å². The van der Waals surface area contributed by atoms with Crippen LogP contribution in [0.4, 0.5) is 0 Å². The van der Waals surface area contributed by atoms with Crippen molar-refractivity contribution in [2.45, 2.75) is 0 Å². The fraction of sp³-hybridized carbons (Fsp3) is 0. The number of amides is 1. The molecule has 1 radical (unpaired) electrons. The third-order valence-corrected chi connectivity index (χ3v) is 2.91. The minimum atomic E-state index is -0.708. The number of hydrogen-bond donors (Lipinski definition) is 3. The summed E-state index contributed by atoms with van der Waals surface area (Å²) in [4.78, 5) is 28.4. The quantitative estimate of drug-likeness (QED) is 0.643. The standard InChI is InChI=1S/C14H10N3O2/c15-13(18)11-6-5-9(14(19)17-11)12-7-8-3-1-2-4-10(8)16-12/h1-5,7,16H,(H2,15,18)(H,17,19). The molecule has 0 fully saturated rings. The lowest BCUT2D eigenvalue weighted by Gasteiger charge is -1.98. The van der Waals surface area contributed by atoms with Gasteiger partial charge in [0.25, 0.3) is 11.5 Å². The molecule has 0 bridgehead atoms. The molecule has 3 aromatic rings. The zero-order valence-electron chi connectivity index (χ0n) is 9.86. The van der Waals surface area contributed by atoms with Gasteiger partial charge >= 0.3 is 0 Å². The largest absolute Gasteiger partial charge is 0.364 e. The number of nitrogens with one attached hydrogen (secondary N) is 2. The smallest absolute Gasteiger partial charge is 0.265 e. The van der Waals surface area contributed by atoms with Gasteiger partial charge in [-0.25, -0.2) is 0 Å².